The first-order valence-corrected chi connectivity index (χ1v) is 11.3. The molecule has 8 heteroatoms. The molecule has 0 aromatic heterocycles. The van der Waals surface area contributed by atoms with Crippen molar-refractivity contribution in [2.24, 2.45) is 0 Å². The Morgan fingerprint density at radius 2 is 1.79 bits per heavy atom. The van der Waals surface area contributed by atoms with Gasteiger partial charge in [-0.15, -0.1) is 0 Å². The first kappa shape index (κ1) is 21.3. The molecular weight excluding hydrogens is 393 g/mol. The van der Waals surface area contributed by atoms with Crippen molar-refractivity contribution in [3.63, 3.8) is 0 Å². The van der Waals surface area contributed by atoms with E-state index in [0.29, 0.717) is 12.1 Å². The average Bonchev–Trinajstić information content (AvgIpc) is 3.23. The summed E-state index contributed by atoms with van der Waals surface area (Å²) in [4.78, 5) is 14.8. The highest BCUT2D eigenvalue weighted by Crippen LogP contribution is 2.31. The highest BCUT2D eigenvalue weighted by atomic mass is 32.2. The van der Waals surface area contributed by atoms with Crippen LogP contribution < -0.4 is 14.9 Å². The van der Waals surface area contributed by atoms with Crippen LogP contribution in [0.5, 0.6) is 0 Å². The van der Waals surface area contributed by atoms with Gasteiger partial charge < -0.3 is 10.2 Å². The second kappa shape index (κ2) is 8.92. The third kappa shape index (κ3) is 4.94. The van der Waals surface area contributed by atoms with Gasteiger partial charge in [-0.05, 0) is 62.6 Å². The van der Waals surface area contributed by atoms with Gasteiger partial charge in [0.2, 0.25) is 10.0 Å². The van der Waals surface area contributed by atoms with Crippen LogP contribution in [0.4, 0.5) is 15.8 Å². The molecule has 2 N–H and O–H groups in total. The van der Waals surface area contributed by atoms with E-state index >= 15 is 0 Å². The number of benzene rings is 2. The Hall–Kier alpha value is -2.45. The summed E-state index contributed by atoms with van der Waals surface area (Å²) in [5.74, 6) is -0.992. The molecule has 29 heavy (non-hydrogen) atoms. The van der Waals surface area contributed by atoms with Crippen LogP contribution in [0.25, 0.3) is 0 Å². The minimum Gasteiger partial charge on any atom is -0.370 e. The highest BCUT2D eigenvalue weighted by molar-refractivity contribution is 7.89. The SMILES string of the molecule is CCC(C)NS(=O)(=O)c1ccc(C(=O)Nc2c(F)cccc2N2CCCC2)cc1. The quantitative estimate of drug-likeness (QED) is 0.716. The maximum absolute atomic E-state index is 14.4. The van der Waals surface area contributed by atoms with Crippen LogP contribution in [0, 0.1) is 5.82 Å². The molecule has 2 aromatic rings. The van der Waals surface area contributed by atoms with E-state index in [2.05, 4.69) is 14.9 Å². The zero-order valence-electron chi connectivity index (χ0n) is 16.6. The van der Waals surface area contributed by atoms with Crippen molar-refractivity contribution in [1.29, 1.82) is 0 Å². The van der Waals surface area contributed by atoms with Crippen LogP contribution in [0.1, 0.15) is 43.5 Å². The monoisotopic (exact) mass is 419 g/mol. The Morgan fingerprint density at radius 1 is 1.14 bits per heavy atom. The highest BCUT2D eigenvalue weighted by Gasteiger charge is 2.21. The lowest BCUT2D eigenvalue weighted by molar-refractivity contribution is 0.102. The van der Waals surface area contributed by atoms with Crippen molar-refractivity contribution in [1.82, 2.24) is 4.72 Å². The van der Waals surface area contributed by atoms with Gasteiger partial charge in [0.05, 0.1) is 10.6 Å². The van der Waals surface area contributed by atoms with Gasteiger partial charge in [0, 0.05) is 24.7 Å². The molecule has 0 bridgehead atoms. The Morgan fingerprint density at radius 3 is 2.41 bits per heavy atom. The predicted octanol–water partition coefficient (Wildman–Crippen LogP) is 3.76. The Labute approximate surface area is 171 Å². The number of rotatable bonds is 7. The third-order valence-electron chi connectivity index (χ3n) is 5.07. The lowest BCUT2D eigenvalue weighted by Gasteiger charge is -2.22. The molecule has 0 saturated carbocycles. The van der Waals surface area contributed by atoms with E-state index in [1.807, 2.05) is 6.92 Å². The largest absolute Gasteiger partial charge is 0.370 e. The topological polar surface area (TPSA) is 78.5 Å². The number of nitrogens with one attached hydrogen (secondary N) is 2. The van der Waals surface area contributed by atoms with Gasteiger partial charge in [-0.25, -0.2) is 17.5 Å². The van der Waals surface area contributed by atoms with Gasteiger partial charge in [-0.3, -0.25) is 4.79 Å². The molecule has 0 aliphatic carbocycles. The normalized spacial score (nSPS) is 15.3. The number of nitrogens with zero attached hydrogens (tertiary/aromatic N) is 1. The molecular formula is C21H26FN3O3S. The number of carbonyl (C=O) groups excluding carboxylic acids is 1. The number of hydrogen-bond acceptors (Lipinski definition) is 4. The molecule has 1 unspecified atom stereocenters. The van der Waals surface area contributed by atoms with Crippen LogP contribution in [-0.4, -0.2) is 33.5 Å². The van der Waals surface area contributed by atoms with Gasteiger partial charge in [0.1, 0.15) is 11.5 Å². The Kier molecular flexibility index (Phi) is 6.54. The molecule has 1 saturated heterocycles. The van der Waals surface area contributed by atoms with Crippen molar-refractivity contribution >= 4 is 27.3 Å². The Bertz CT molecular complexity index is 971. The van der Waals surface area contributed by atoms with Crippen LogP contribution in [0.3, 0.4) is 0 Å². The van der Waals surface area contributed by atoms with Crippen LogP contribution in [0.2, 0.25) is 0 Å². The predicted molar refractivity (Wildman–Crippen MR) is 112 cm³/mol. The maximum Gasteiger partial charge on any atom is 0.255 e. The van der Waals surface area contributed by atoms with Crippen molar-refractivity contribution in [2.45, 2.75) is 44.0 Å². The van der Waals surface area contributed by atoms with Gasteiger partial charge in [0.15, 0.2) is 0 Å². The van der Waals surface area contributed by atoms with Crippen molar-refractivity contribution in [3.8, 4) is 0 Å². The lowest BCUT2D eigenvalue weighted by Crippen LogP contribution is -2.32. The minimum atomic E-state index is -3.65. The van der Waals surface area contributed by atoms with E-state index in [1.54, 1.807) is 19.1 Å². The summed E-state index contributed by atoms with van der Waals surface area (Å²) in [6.07, 6.45) is 2.73. The summed E-state index contributed by atoms with van der Waals surface area (Å²) in [6.45, 7) is 5.32. The molecule has 1 aliphatic rings. The van der Waals surface area contributed by atoms with Gasteiger partial charge >= 0.3 is 0 Å². The molecule has 1 aliphatic heterocycles. The summed E-state index contributed by atoms with van der Waals surface area (Å²) < 4.78 is 41.7. The second-order valence-electron chi connectivity index (χ2n) is 7.24. The molecule has 6 nitrogen and oxygen atoms in total. The van der Waals surface area contributed by atoms with Crippen molar-refractivity contribution in [2.75, 3.05) is 23.3 Å². The summed E-state index contributed by atoms with van der Waals surface area (Å²) in [5, 5.41) is 2.65. The molecule has 1 fully saturated rings. The fourth-order valence-electron chi connectivity index (χ4n) is 3.25. The van der Waals surface area contributed by atoms with E-state index in [9.17, 15) is 17.6 Å². The molecule has 3 rings (SSSR count). The van der Waals surface area contributed by atoms with E-state index in [1.165, 1.54) is 30.3 Å². The fourth-order valence-corrected chi connectivity index (χ4v) is 4.57. The van der Waals surface area contributed by atoms with Crippen molar-refractivity contribution < 1.29 is 17.6 Å². The van der Waals surface area contributed by atoms with E-state index in [-0.39, 0.29) is 22.2 Å². The summed E-state index contributed by atoms with van der Waals surface area (Å²) in [5.41, 5.74) is 1.06. The van der Waals surface area contributed by atoms with E-state index < -0.39 is 21.7 Å². The zero-order valence-corrected chi connectivity index (χ0v) is 17.4. The summed E-state index contributed by atoms with van der Waals surface area (Å²) in [6, 6.07) is 10.2. The molecule has 1 heterocycles. The summed E-state index contributed by atoms with van der Waals surface area (Å²) >= 11 is 0. The zero-order chi connectivity index (χ0) is 21.0. The number of para-hydroxylation sites is 1. The number of anilines is 2. The number of amides is 1. The minimum absolute atomic E-state index is 0.0815. The second-order valence-corrected chi connectivity index (χ2v) is 8.95. The first-order chi connectivity index (χ1) is 13.8. The smallest absolute Gasteiger partial charge is 0.255 e. The van der Waals surface area contributed by atoms with Gasteiger partial charge in [0.25, 0.3) is 5.91 Å². The third-order valence-corrected chi connectivity index (χ3v) is 6.68. The van der Waals surface area contributed by atoms with E-state index in [4.69, 9.17) is 0 Å². The Balaban J connectivity index is 1.79. The fraction of sp³-hybridized carbons (Fsp3) is 0.381. The summed E-state index contributed by atoms with van der Waals surface area (Å²) in [7, 11) is -3.65. The van der Waals surface area contributed by atoms with Gasteiger partial charge in [-0.2, -0.15) is 0 Å². The van der Waals surface area contributed by atoms with Crippen molar-refractivity contribution in [3.05, 3.63) is 53.8 Å². The lowest BCUT2D eigenvalue weighted by atomic mass is 10.2. The number of hydrogen-bond donors (Lipinski definition) is 2. The van der Waals surface area contributed by atoms with E-state index in [0.717, 1.165) is 25.9 Å². The standard InChI is InChI=1S/C21H26FN3O3S/c1-3-15(2)24-29(27,28)17-11-9-16(10-12-17)21(26)23-20-18(22)7-6-8-19(20)25-13-4-5-14-25/h6-12,15,24H,3-5,13-14H2,1-2H3,(H,23,26). The first-order valence-electron chi connectivity index (χ1n) is 9.79. The maximum atomic E-state index is 14.4. The van der Waals surface area contributed by atoms with Gasteiger partial charge in [-0.1, -0.05) is 13.0 Å². The van der Waals surface area contributed by atoms with Crippen LogP contribution >= 0.6 is 0 Å². The molecule has 0 radical (unpaired) electrons. The molecule has 0 spiro atoms. The van der Waals surface area contributed by atoms with Crippen LogP contribution in [-0.2, 0) is 10.0 Å². The number of sulfonamides is 1. The molecule has 1 amide bonds. The number of halogens is 1. The number of carbonyl (C=O) groups is 1. The van der Waals surface area contributed by atoms with Crippen LogP contribution in [0.15, 0.2) is 47.4 Å². The molecule has 156 valence electrons. The average molecular weight is 420 g/mol. The molecule has 1 atom stereocenters. The molecule has 2 aromatic carbocycles.